The molecule has 276 valence electrons. The number of nitrogens with zero attached hydrogens (tertiary/aromatic N) is 1. The lowest BCUT2D eigenvalue weighted by Crippen LogP contribution is -2.60. The highest BCUT2D eigenvalue weighted by Crippen LogP contribution is 2.39. The first-order valence-corrected chi connectivity index (χ1v) is 18.2. The first-order valence-electron chi connectivity index (χ1n) is 18.2. The minimum atomic E-state index is -1.15. The second-order valence-electron chi connectivity index (χ2n) is 15.8. The van der Waals surface area contributed by atoms with Crippen LogP contribution in [0.5, 0.6) is 0 Å². The van der Waals surface area contributed by atoms with E-state index in [9.17, 15) is 19.5 Å². The van der Waals surface area contributed by atoms with Crippen LogP contribution in [0.1, 0.15) is 99.8 Å². The van der Waals surface area contributed by atoms with Crippen LogP contribution in [0.15, 0.2) is 0 Å². The molecule has 0 radical (unpaired) electrons. The molecule has 48 heavy (non-hydrogen) atoms. The third kappa shape index (κ3) is 8.72. The Morgan fingerprint density at radius 1 is 1.06 bits per heavy atom. The molecule has 3 N–H and O–H groups in total. The number of rotatable bonds is 9. The molecule has 4 fully saturated rings. The van der Waals surface area contributed by atoms with Gasteiger partial charge in [-0.05, 0) is 85.9 Å². The molecule has 3 saturated heterocycles. The molecule has 4 aliphatic rings. The first kappa shape index (κ1) is 39.0. The van der Waals surface area contributed by atoms with Crippen LogP contribution >= 0.6 is 0 Å². The molecule has 0 aromatic carbocycles. The summed E-state index contributed by atoms with van der Waals surface area (Å²) in [4.78, 5) is 42.4. The van der Waals surface area contributed by atoms with E-state index in [2.05, 4.69) is 17.6 Å². The van der Waals surface area contributed by atoms with Crippen molar-refractivity contribution in [3.63, 3.8) is 0 Å². The summed E-state index contributed by atoms with van der Waals surface area (Å²) in [5.74, 6) is -2.14. The van der Waals surface area contributed by atoms with Gasteiger partial charge in [-0.3, -0.25) is 9.59 Å². The molecular weight excluding hydrogens is 618 g/mol. The molecule has 0 aromatic rings. The summed E-state index contributed by atoms with van der Waals surface area (Å²) < 4.78 is 31.2. The van der Waals surface area contributed by atoms with Crippen molar-refractivity contribution >= 4 is 17.8 Å². The number of carbonyl (C=O) groups excluding carboxylic acids is 3. The topological polar surface area (TPSA) is 145 Å². The van der Waals surface area contributed by atoms with E-state index in [4.69, 9.17) is 23.7 Å². The predicted molar refractivity (Wildman–Crippen MR) is 180 cm³/mol. The number of ether oxygens (including phenoxy) is 5. The maximum absolute atomic E-state index is 14.2. The standard InChI is InChI=1S/C36H63N3O9/c1-11-27-36(7)30(38-34(43)48-36)23(5)37-19-20(2)18-35(6,44-10)31(21(3)28(40)22(4)32(42)46-27)47-33-29(41)26(39(8)9)17-25(45-33)14-12-13-24-15-16-24/h20-27,29-31,33,37,41H,11-19H2,1-10H3,(H,38,43)/t20-,21+,22?,23-,25?,26?,27-,29?,30-,31-,33?,35-,36-/m1/s1. The van der Waals surface area contributed by atoms with Crippen LogP contribution in [0.3, 0.4) is 0 Å². The number of fused-ring (bicyclic) bond motifs is 1. The Morgan fingerprint density at radius 2 is 1.75 bits per heavy atom. The van der Waals surface area contributed by atoms with Crippen LogP contribution in [0.2, 0.25) is 0 Å². The number of nitrogens with one attached hydrogen (secondary N) is 2. The van der Waals surface area contributed by atoms with Gasteiger partial charge in [-0.2, -0.15) is 0 Å². The van der Waals surface area contributed by atoms with Crippen LogP contribution in [0.4, 0.5) is 4.79 Å². The van der Waals surface area contributed by atoms with Gasteiger partial charge in [0.2, 0.25) is 0 Å². The highest BCUT2D eigenvalue weighted by molar-refractivity contribution is 6.00. The number of aliphatic hydroxyl groups excluding tert-OH is 1. The second kappa shape index (κ2) is 16.0. The lowest BCUT2D eigenvalue weighted by atomic mass is 9.78. The van der Waals surface area contributed by atoms with Crippen molar-refractivity contribution < 1.29 is 43.2 Å². The number of likely N-dealkylation sites (N-methyl/N-ethyl adjacent to an activating group) is 1. The van der Waals surface area contributed by atoms with Crippen molar-refractivity contribution in [2.45, 2.75) is 160 Å². The van der Waals surface area contributed by atoms with Gasteiger partial charge in [0.05, 0.1) is 23.9 Å². The SMILES string of the molecule is CC[C@H]1OC(=O)C(C)C(=O)[C@H](C)[C@@H](OC2OC(CCCC3CC3)CC(N(C)C)C2O)[C@](C)(OC)C[C@@H](C)CN[C@H](C)[C@H]2NC(=O)O[C@@]21C. The number of cyclic esters (lactones) is 1. The molecule has 1 saturated carbocycles. The summed E-state index contributed by atoms with van der Waals surface area (Å²) in [6, 6.07) is -0.905. The molecule has 3 heterocycles. The highest BCUT2D eigenvalue weighted by Gasteiger charge is 2.55. The van der Waals surface area contributed by atoms with E-state index >= 15 is 0 Å². The van der Waals surface area contributed by atoms with Gasteiger partial charge in [-0.15, -0.1) is 0 Å². The zero-order valence-electron chi connectivity index (χ0n) is 31.0. The number of esters is 1. The summed E-state index contributed by atoms with van der Waals surface area (Å²) >= 11 is 0. The molecule has 13 atom stereocenters. The van der Waals surface area contributed by atoms with Crippen molar-refractivity contribution in [2.24, 2.45) is 23.7 Å². The van der Waals surface area contributed by atoms with Gasteiger partial charge in [-0.1, -0.05) is 46.5 Å². The first-order chi connectivity index (χ1) is 22.5. The van der Waals surface area contributed by atoms with Gasteiger partial charge < -0.3 is 44.3 Å². The second-order valence-corrected chi connectivity index (χ2v) is 15.8. The maximum Gasteiger partial charge on any atom is 0.408 e. The normalized spacial score (nSPS) is 43.5. The molecule has 0 bridgehead atoms. The number of amides is 1. The summed E-state index contributed by atoms with van der Waals surface area (Å²) in [5.41, 5.74) is -2.14. The molecule has 4 rings (SSSR count). The fourth-order valence-corrected chi connectivity index (χ4v) is 8.25. The zero-order valence-corrected chi connectivity index (χ0v) is 31.0. The molecule has 3 aliphatic heterocycles. The van der Waals surface area contributed by atoms with Crippen LogP contribution in [0, 0.1) is 23.7 Å². The number of ketones is 1. The molecular formula is C36H63N3O9. The Labute approximate surface area is 287 Å². The number of methoxy groups -OCH3 is 1. The number of aliphatic hydroxyl groups is 1. The van der Waals surface area contributed by atoms with E-state index in [1.165, 1.54) is 19.3 Å². The Morgan fingerprint density at radius 3 is 2.35 bits per heavy atom. The number of hydrogen-bond donors (Lipinski definition) is 3. The minimum absolute atomic E-state index is 0.0411. The minimum Gasteiger partial charge on any atom is -0.458 e. The Bertz CT molecular complexity index is 1120. The number of alkyl carbamates (subject to hydrolysis) is 1. The Hall–Kier alpha value is -1.83. The third-order valence-corrected chi connectivity index (χ3v) is 11.5. The van der Waals surface area contributed by atoms with Crippen molar-refractivity contribution in [3.8, 4) is 0 Å². The third-order valence-electron chi connectivity index (χ3n) is 11.5. The molecule has 5 unspecified atom stereocenters. The van der Waals surface area contributed by atoms with Crippen LogP contribution in [0.25, 0.3) is 0 Å². The van der Waals surface area contributed by atoms with Gasteiger partial charge in [-0.25, -0.2) is 4.79 Å². The van der Waals surface area contributed by atoms with E-state index in [1.54, 1.807) is 27.9 Å². The lowest BCUT2D eigenvalue weighted by Gasteiger charge is -2.47. The van der Waals surface area contributed by atoms with Gasteiger partial charge in [0.25, 0.3) is 0 Å². The van der Waals surface area contributed by atoms with Gasteiger partial charge in [0.1, 0.15) is 18.1 Å². The average Bonchev–Trinajstić information content (AvgIpc) is 3.81. The maximum atomic E-state index is 14.2. The Balaban J connectivity index is 1.65. The summed E-state index contributed by atoms with van der Waals surface area (Å²) in [6.45, 7) is 13.5. The van der Waals surface area contributed by atoms with Crippen molar-refractivity contribution in [3.05, 3.63) is 0 Å². The molecule has 0 aromatic heterocycles. The number of Topliss-reactive ketones (excluding diaryl/α,β-unsaturated/α-hetero) is 1. The molecule has 0 spiro atoms. The Kier molecular flexibility index (Phi) is 13.0. The molecule has 12 nitrogen and oxygen atoms in total. The lowest BCUT2D eigenvalue weighted by molar-refractivity contribution is -0.298. The summed E-state index contributed by atoms with van der Waals surface area (Å²) in [5, 5.41) is 18.1. The largest absolute Gasteiger partial charge is 0.458 e. The highest BCUT2D eigenvalue weighted by atomic mass is 16.7. The van der Waals surface area contributed by atoms with Crippen LogP contribution in [-0.2, 0) is 33.3 Å². The smallest absolute Gasteiger partial charge is 0.408 e. The van der Waals surface area contributed by atoms with E-state index < -0.39 is 65.7 Å². The van der Waals surface area contributed by atoms with E-state index in [1.807, 2.05) is 39.8 Å². The van der Waals surface area contributed by atoms with E-state index in [0.29, 0.717) is 25.8 Å². The molecule has 1 aliphatic carbocycles. The summed E-state index contributed by atoms with van der Waals surface area (Å²) in [7, 11) is 5.50. The predicted octanol–water partition coefficient (Wildman–Crippen LogP) is 3.81. The summed E-state index contributed by atoms with van der Waals surface area (Å²) in [6.07, 6.45) is 3.04. The molecule has 12 heteroatoms. The van der Waals surface area contributed by atoms with Gasteiger partial charge >= 0.3 is 12.1 Å². The van der Waals surface area contributed by atoms with Gasteiger partial charge in [0.15, 0.2) is 17.7 Å². The monoisotopic (exact) mass is 681 g/mol. The number of carbonyl (C=O) groups is 3. The number of hydrogen-bond acceptors (Lipinski definition) is 11. The fraction of sp³-hybridized carbons (Fsp3) is 0.917. The fourth-order valence-electron chi connectivity index (χ4n) is 8.25. The van der Waals surface area contributed by atoms with Crippen LogP contribution < -0.4 is 10.6 Å². The van der Waals surface area contributed by atoms with Crippen molar-refractivity contribution in [1.82, 2.24) is 15.5 Å². The quantitative estimate of drug-likeness (QED) is 0.241. The zero-order chi connectivity index (χ0) is 35.6. The van der Waals surface area contributed by atoms with Crippen molar-refractivity contribution in [1.29, 1.82) is 0 Å². The van der Waals surface area contributed by atoms with Gasteiger partial charge in [0, 0.05) is 25.1 Å². The van der Waals surface area contributed by atoms with E-state index in [-0.39, 0.29) is 29.9 Å². The van der Waals surface area contributed by atoms with Crippen LogP contribution in [-0.4, -0.2) is 116 Å². The van der Waals surface area contributed by atoms with Crippen molar-refractivity contribution in [2.75, 3.05) is 27.7 Å². The molecule has 1 amide bonds. The van der Waals surface area contributed by atoms with E-state index in [0.717, 1.165) is 18.8 Å². The average molecular weight is 682 g/mol.